The third-order valence-electron chi connectivity index (χ3n) is 5.91. The highest BCUT2D eigenvalue weighted by Gasteiger charge is 2.47. The molecule has 4 rings (SSSR count). The summed E-state index contributed by atoms with van der Waals surface area (Å²) in [6.45, 7) is 8.93. The second kappa shape index (κ2) is 6.56. The highest BCUT2D eigenvalue weighted by Crippen LogP contribution is 2.42. The van der Waals surface area contributed by atoms with E-state index in [-0.39, 0.29) is 12.0 Å². The molecule has 0 bridgehead atoms. The van der Waals surface area contributed by atoms with Crippen LogP contribution in [-0.2, 0) is 11.3 Å². The maximum absolute atomic E-state index is 10.0. The molecule has 2 aromatic rings. The first-order valence-corrected chi connectivity index (χ1v) is 9.12. The van der Waals surface area contributed by atoms with Crippen molar-refractivity contribution in [3.8, 4) is 5.69 Å². The molecular formula is C20H27N3O2. The molecule has 0 aliphatic carbocycles. The molecule has 134 valence electrons. The fraction of sp³-hybridized carbons (Fsp3) is 0.550. The molecule has 0 amide bonds. The molecular weight excluding hydrogens is 314 g/mol. The fourth-order valence-electron chi connectivity index (χ4n) is 4.67. The van der Waals surface area contributed by atoms with Gasteiger partial charge in [0.05, 0.1) is 18.9 Å². The van der Waals surface area contributed by atoms with Gasteiger partial charge in [-0.25, -0.2) is 4.68 Å². The number of nitrogens with zero attached hydrogens (tertiary/aromatic N) is 3. The monoisotopic (exact) mass is 341 g/mol. The number of fused-ring (bicyclic) bond motifs is 1. The van der Waals surface area contributed by atoms with Crippen LogP contribution < -0.4 is 0 Å². The van der Waals surface area contributed by atoms with Gasteiger partial charge in [0.1, 0.15) is 0 Å². The fourth-order valence-corrected chi connectivity index (χ4v) is 4.67. The average molecular weight is 341 g/mol. The maximum Gasteiger partial charge on any atom is 0.0719 e. The first-order valence-electron chi connectivity index (χ1n) is 9.12. The molecule has 3 heterocycles. The van der Waals surface area contributed by atoms with Gasteiger partial charge in [0.15, 0.2) is 0 Å². The minimum Gasteiger partial charge on any atom is -0.396 e. The Bertz CT molecular complexity index is 744. The highest BCUT2D eigenvalue weighted by atomic mass is 16.5. The molecule has 25 heavy (non-hydrogen) atoms. The van der Waals surface area contributed by atoms with Crippen molar-refractivity contribution < 1.29 is 9.84 Å². The Hall–Kier alpha value is -1.69. The van der Waals surface area contributed by atoms with E-state index in [4.69, 9.17) is 4.74 Å². The number of hydrogen-bond donors (Lipinski definition) is 1. The lowest BCUT2D eigenvalue weighted by molar-refractivity contribution is -0.0417. The second-order valence-electron chi connectivity index (χ2n) is 7.75. The summed E-state index contributed by atoms with van der Waals surface area (Å²) in [5.41, 5.74) is 5.02. The molecule has 1 N–H and O–H groups in total. The molecule has 5 nitrogen and oxygen atoms in total. The van der Waals surface area contributed by atoms with Crippen LogP contribution >= 0.6 is 0 Å². The van der Waals surface area contributed by atoms with E-state index in [2.05, 4.69) is 36.0 Å². The van der Waals surface area contributed by atoms with Gasteiger partial charge >= 0.3 is 0 Å². The second-order valence-corrected chi connectivity index (χ2v) is 7.75. The van der Waals surface area contributed by atoms with Gasteiger partial charge < -0.3 is 9.84 Å². The van der Waals surface area contributed by atoms with Crippen molar-refractivity contribution in [2.45, 2.75) is 26.8 Å². The van der Waals surface area contributed by atoms with Gasteiger partial charge in [0.25, 0.3) is 0 Å². The van der Waals surface area contributed by atoms with Crippen LogP contribution in [0, 0.1) is 25.2 Å². The Morgan fingerprint density at radius 1 is 1.36 bits per heavy atom. The van der Waals surface area contributed by atoms with Crippen LogP contribution in [0.3, 0.4) is 0 Å². The van der Waals surface area contributed by atoms with Gasteiger partial charge in [-0.05, 0) is 37.5 Å². The van der Waals surface area contributed by atoms with Crippen molar-refractivity contribution >= 4 is 0 Å². The SMILES string of the molecule is Cc1cc(C)c(-n2cccn2)c(CN2C[C@@H]3COCC[C@]3(CO)C2)c1. The van der Waals surface area contributed by atoms with Crippen molar-refractivity contribution in [1.82, 2.24) is 14.7 Å². The first-order chi connectivity index (χ1) is 12.1. The molecule has 2 aliphatic rings. The van der Waals surface area contributed by atoms with Gasteiger partial charge in [-0.1, -0.05) is 17.7 Å². The minimum absolute atomic E-state index is 0.0168. The predicted molar refractivity (Wildman–Crippen MR) is 96.8 cm³/mol. The Kier molecular flexibility index (Phi) is 4.40. The molecule has 0 unspecified atom stereocenters. The van der Waals surface area contributed by atoms with E-state index in [1.54, 1.807) is 0 Å². The zero-order valence-electron chi connectivity index (χ0n) is 15.1. The Morgan fingerprint density at radius 3 is 2.96 bits per heavy atom. The Morgan fingerprint density at radius 2 is 2.24 bits per heavy atom. The van der Waals surface area contributed by atoms with E-state index >= 15 is 0 Å². The van der Waals surface area contributed by atoms with Crippen LogP contribution in [0.4, 0.5) is 0 Å². The smallest absolute Gasteiger partial charge is 0.0719 e. The Labute approximate surface area is 149 Å². The first kappa shape index (κ1) is 16.8. The summed E-state index contributed by atoms with van der Waals surface area (Å²) < 4.78 is 7.65. The number of aliphatic hydroxyl groups excluding tert-OH is 1. The van der Waals surface area contributed by atoms with Crippen LogP contribution in [0.2, 0.25) is 0 Å². The molecule has 0 spiro atoms. The number of aromatic nitrogens is 2. The predicted octanol–water partition coefficient (Wildman–Crippen LogP) is 2.32. The van der Waals surface area contributed by atoms with E-state index in [0.29, 0.717) is 5.92 Å². The normalized spacial score (nSPS) is 26.8. The van der Waals surface area contributed by atoms with Crippen molar-refractivity contribution in [2.24, 2.45) is 11.3 Å². The van der Waals surface area contributed by atoms with E-state index in [1.807, 2.05) is 23.1 Å². The number of ether oxygens (including phenoxy) is 1. The van der Waals surface area contributed by atoms with Crippen LogP contribution in [0.25, 0.3) is 5.69 Å². The molecule has 2 aliphatic heterocycles. The summed E-state index contributed by atoms with van der Waals surface area (Å²) in [7, 11) is 0. The standard InChI is InChI=1S/C20H27N3O2/c1-15-8-16(2)19(23-6-3-5-21-23)17(9-15)10-22-11-18-12-25-7-4-20(18,13-22)14-24/h3,5-6,8-9,18,24H,4,7,10-14H2,1-2H3/t18-,20-/m1/s1. The number of hydrogen-bond acceptors (Lipinski definition) is 4. The van der Waals surface area contributed by atoms with Crippen molar-refractivity contribution in [3.63, 3.8) is 0 Å². The number of likely N-dealkylation sites (tertiary alicyclic amines) is 1. The summed E-state index contributed by atoms with van der Waals surface area (Å²) in [6.07, 6.45) is 4.79. The summed E-state index contributed by atoms with van der Waals surface area (Å²) in [4.78, 5) is 2.48. The third kappa shape index (κ3) is 3.01. The number of rotatable bonds is 4. The van der Waals surface area contributed by atoms with E-state index in [0.717, 1.165) is 39.3 Å². The van der Waals surface area contributed by atoms with E-state index in [1.165, 1.54) is 22.4 Å². The van der Waals surface area contributed by atoms with Gasteiger partial charge in [-0.3, -0.25) is 4.90 Å². The number of aryl methyl sites for hydroxylation is 2. The van der Waals surface area contributed by atoms with Gasteiger partial charge in [-0.15, -0.1) is 0 Å². The zero-order chi connectivity index (χ0) is 17.4. The topological polar surface area (TPSA) is 50.5 Å². The molecule has 2 atom stereocenters. The lowest BCUT2D eigenvalue weighted by atomic mass is 9.75. The lowest BCUT2D eigenvalue weighted by Crippen LogP contribution is -2.41. The Balaban J connectivity index is 1.63. The lowest BCUT2D eigenvalue weighted by Gasteiger charge is -2.36. The van der Waals surface area contributed by atoms with Crippen molar-refractivity contribution in [1.29, 1.82) is 0 Å². The molecule has 0 saturated carbocycles. The van der Waals surface area contributed by atoms with E-state index < -0.39 is 0 Å². The van der Waals surface area contributed by atoms with E-state index in [9.17, 15) is 5.11 Å². The summed E-state index contributed by atoms with van der Waals surface area (Å²) in [5, 5.41) is 14.5. The molecule has 2 fully saturated rings. The molecule has 5 heteroatoms. The van der Waals surface area contributed by atoms with Crippen LogP contribution in [-0.4, -0.2) is 52.7 Å². The van der Waals surface area contributed by atoms with Crippen molar-refractivity contribution in [3.05, 3.63) is 47.3 Å². The number of aliphatic hydroxyl groups is 1. The summed E-state index contributed by atoms with van der Waals surface area (Å²) >= 11 is 0. The largest absolute Gasteiger partial charge is 0.396 e. The minimum atomic E-state index is 0.0168. The van der Waals surface area contributed by atoms with Gasteiger partial charge in [0, 0.05) is 50.0 Å². The quantitative estimate of drug-likeness (QED) is 0.927. The van der Waals surface area contributed by atoms with Gasteiger partial charge in [0.2, 0.25) is 0 Å². The molecule has 2 saturated heterocycles. The van der Waals surface area contributed by atoms with Gasteiger partial charge in [-0.2, -0.15) is 5.10 Å². The number of benzene rings is 1. The molecule has 0 radical (unpaired) electrons. The molecule has 1 aromatic heterocycles. The average Bonchev–Trinajstić information content (AvgIpc) is 3.21. The summed E-state index contributed by atoms with van der Waals surface area (Å²) in [6, 6.07) is 6.45. The highest BCUT2D eigenvalue weighted by molar-refractivity contribution is 5.49. The third-order valence-corrected chi connectivity index (χ3v) is 5.91. The maximum atomic E-state index is 10.0. The summed E-state index contributed by atoms with van der Waals surface area (Å²) in [5.74, 6) is 0.435. The van der Waals surface area contributed by atoms with Crippen molar-refractivity contribution in [2.75, 3.05) is 32.9 Å². The zero-order valence-corrected chi connectivity index (χ0v) is 15.1. The van der Waals surface area contributed by atoms with Crippen LogP contribution in [0.1, 0.15) is 23.1 Å². The van der Waals surface area contributed by atoms with Crippen LogP contribution in [0.15, 0.2) is 30.6 Å². The molecule has 1 aromatic carbocycles. The van der Waals surface area contributed by atoms with Crippen LogP contribution in [0.5, 0.6) is 0 Å².